The van der Waals surface area contributed by atoms with Gasteiger partial charge in [0.2, 0.25) is 0 Å². The third kappa shape index (κ3) is 3.15. The van der Waals surface area contributed by atoms with Crippen molar-refractivity contribution in [2.45, 2.75) is 52.6 Å². The molecule has 5 nitrogen and oxygen atoms in total. The fourth-order valence-corrected chi connectivity index (χ4v) is 2.49. The zero-order valence-electron chi connectivity index (χ0n) is 11.7. The van der Waals surface area contributed by atoms with Gasteiger partial charge in [-0.05, 0) is 39.5 Å². The summed E-state index contributed by atoms with van der Waals surface area (Å²) in [6, 6.07) is -0.725. The Kier molecular flexibility index (Phi) is 4.99. The molecule has 0 saturated carbocycles. The average molecular weight is 256 g/mol. The van der Waals surface area contributed by atoms with Gasteiger partial charge in [0, 0.05) is 19.1 Å². The lowest BCUT2D eigenvalue weighted by molar-refractivity contribution is -0.144. The number of hydrogen-bond acceptors (Lipinski definition) is 2. The highest BCUT2D eigenvalue weighted by atomic mass is 16.4. The van der Waals surface area contributed by atoms with Crippen LogP contribution in [0, 0.1) is 5.92 Å². The van der Waals surface area contributed by atoms with Crippen LogP contribution in [0.4, 0.5) is 4.79 Å². The second-order valence-corrected chi connectivity index (χ2v) is 5.34. The molecule has 18 heavy (non-hydrogen) atoms. The van der Waals surface area contributed by atoms with Crippen molar-refractivity contribution in [3.63, 3.8) is 0 Å². The summed E-state index contributed by atoms with van der Waals surface area (Å²) >= 11 is 0. The van der Waals surface area contributed by atoms with Crippen molar-refractivity contribution in [3.05, 3.63) is 0 Å². The maximum atomic E-state index is 12.4. The molecule has 5 heteroatoms. The second kappa shape index (κ2) is 6.07. The van der Waals surface area contributed by atoms with E-state index in [1.807, 2.05) is 27.7 Å². The molecule has 1 saturated heterocycles. The van der Waals surface area contributed by atoms with Crippen molar-refractivity contribution in [2.75, 3.05) is 13.1 Å². The van der Waals surface area contributed by atoms with Gasteiger partial charge in [0.1, 0.15) is 6.04 Å². The predicted octanol–water partition coefficient (Wildman–Crippen LogP) is 2.02. The van der Waals surface area contributed by atoms with E-state index in [2.05, 4.69) is 0 Å². The van der Waals surface area contributed by atoms with E-state index in [4.69, 9.17) is 0 Å². The molecule has 1 aliphatic heterocycles. The van der Waals surface area contributed by atoms with E-state index >= 15 is 0 Å². The van der Waals surface area contributed by atoms with Gasteiger partial charge in [-0.3, -0.25) is 0 Å². The van der Waals surface area contributed by atoms with Crippen molar-refractivity contribution < 1.29 is 14.7 Å². The number of aliphatic carboxylic acids is 1. The summed E-state index contributed by atoms with van der Waals surface area (Å²) in [4.78, 5) is 26.9. The molecule has 0 aromatic rings. The van der Waals surface area contributed by atoms with Crippen LogP contribution in [0.5, 0.6) is 0 Å². The molecule has 104 valence electrons. The Morgan fingerprint density at radius 2 is 2.06 bits per heavy atom. The molecule has 2 atom stereocenters. The number of carbonyl (C=O) groups excluding carboxylic acids is 1. The van der Waals surface area contributed by atoms with E-state index in [-0.39, 0.29) is 12.1 Å². The van der Waals surface area contributed by atoms with Gasteiger partial charge in [-0.2, -0.15) is 0 Å². The Bertz CT molecular complexity index is 317. The zero-order chi connectivity index (χ0) is 13.9. The summed E-state index contributed by atoms with van der Waals surface area (Å²) in [5, 5.41) is 9.26. The highest BCUT2D eigenvalue weighted by Crippen LogP contribution is 2.24. The molecule has 1 N–H and O–H groups in total. The molecule has 0 aromatic heterocycles. The Balaban J connectivity index is 2.84. The molecule has 1 fully saturated rings. The highest BCUT2D eigenvalue weighted by molar-refractivity contribution is 5.83. The second-order valence-electron chi connectivity index (χ2n) is 5.34. The first kappa shape index (κ1) is 14.8. The molecule has 0 bridgehead atoms. The molecule has 2 unspecified atom stereocenters. The first-order valence-electron chi connectivity index (χ1n) is 6.68. The zero-order valence-corrected chi connectivity index (χ0v) is 11.7. The van der Waals surface area contributed by atoms with Gasteiger partial charge >= 0.3 is 12.0 Å². The molecular formula is C13H24N2O3. The van der Waals surface area contributed by atoms with E-state index in [1.54, 1.807) is 4.90 Å². The summed E-state index contributed by atoms with van der Waals surface area (Å²) in [5.41, 5.74) is 0. The summed E-state index contributed by atoms with van der Waals surface area (Å²) in [7, 11) is 0. The lowest BCUT2D eigenvalue weighted by atomic mass is 9.92. The molecule has 1 heterocycles. The van der Waals surface area contributed by atoms with Crippen LogP contribution in [0.15, 0.2) is 0 Å². The lowest BCUT2D eigenvalue weighted by Gasteiger charge is -2.40. The average Bonchev–Trinajstić information content (AvgIpc) is 2.28. The van der Waals surface area contributed by atoms with Crippen LogP contribution in [0.3, 0.4) is 0 Å². The topological polar surface area (TPSA) is 60.9 Å². The van der Waals surface area contributed by atoms with E-state index in [9.17, 15) is 14.7 Å². The quantitative estimate of drug-likeness (QED) is 0.840. The number of urea groups is 1. The van der Waals surface area contributed by atoms with Crippen molar-refractivity contribution >= 4 is 12.0 Å². The van der Waals surface area contributed by atoms with Gasteiger partial charge in [-0.15, -0.1) is 0 Å². The number of likely N-dealkylation sites (tertiary alicyclic amines) is 1. The molecule has 1 aliphatic rings. The summed E-state index contributed by atoms with van der Waals surface area (Å²) in [5.74, 6) is -0.529. The largest absolute Gasteiger partial charge is 0.480 e. The minimum absolute atomic E-state index is 0.0938. The maximum Gasteiger partial charge on any atom is 0.326 e. The van der Waals surface area contributed by atoms with Crippen molar-refractivity contribution in [1.82, 2.24) is 9.80 Å². The molecule has 0 radical (unpaired) electrons. The summed E-state index contributed by atoms with van der Waals surface area (Å²) in [6.07, 6.45) is 1.43. The third-order valence-corrected chi connectivity index (χ3v) is 3.61. The van der Waals surface area contributed by atoms with Gasteiger partial charge in [0.25, 0.3) is 0 Å². The van der Waals surface area contributed by atoms with E-state index in [1.165, 1.54) is 4.90 Å². The van der Waals surface area contributed by atoms with Crippen molar-refractivity contribution in [2.24, 2.45) is 5.92 Å². The number of carboxylic acid groups (broad SMARTS) is 1. The van der Waals surface area contributed by atoms with Gasteiger partial charge in [0.15, 0.2) is 0 Å². The van der Waals surface area contributed by atoms with Gasteiger partial charge in [-0.25, -0.2) is 9.59 Å². The number of rotatable bonds is 3. The van der Waals surface area contributed by atoms with E-state index < -0.39 is 12.0 Å². The fourth-order valence-electron chi connectivity index (χ4n) is 2.49. The monoisotopic (exact) mass is 256 g/mol. The SMILES string of the molecule is CCN(C(=O)N1CCC(C)CC1C(=O)O)C(C)C. The molecule has 0 spiro atoms. The number of carbonyl (C=O) groups is 2. The highest BCUT2D eigenvalue weighted by Gasteiger charge is 2.36. The van der Waals surface area contributed by atoms with Crippen LogP contribution < -0.4 is 0 Å². The van der Waals surface area contributed by atoms with Crippen molar-refractivity contribution in [1.29, 1.82) is 0 Å². The summed E-state index contributed by atoms with van der Waals surface area (Å²) in [6.45, 7) is 9.00. The predicted molar refractivity (Wildman–Crippen MR) is 69.4 cm³/mol. The smallest absolute Gasteiger partial charge is 0.326 e. The van der Waals surface area contributed by atoms with Crippen LogP contribution in [0.25, 0.3) is 0 Å². The molecule has 0 aromatic carbocycles. The Labute approximate surface area is 109 Å². The first-order valence-corrected chi connectivity index (χ1v) is 6.68. The molecule has 0 aliphatic carbocycles. The fraction of sp³-hybridized carbons (Fsp3) is 0.846. The number of hydrogen-bond donors (Lipinski definition) is 1. The third-order valence-electron chi connectivity index (χ3n) is 3.61. The first-order chi connectivity index (χ1) is 8.38. The molecule has 1 rings (SSSR count). The lowest BCUT2D eigenvalue weighted by Crippen LogP contribution is -2.55. The number of carboxylic acids is 1. The van der Waals surface area contributed by atoms with Crippen molar-refractivity contribution in [3.8, 4) is 0 Å². The Morgan fingerprint density at radius 1 is 1.44 bits per heavy atom. The van der Waals surface area contributed by atoms with E-state index in [0.717, 1.165) is 6.42 Å². The maximum absolute atomic E-state index is 12.4. The normalized spacial score (nSPS) is 24.2. The van der Waals surface area contributed by atoms with E-state index in [0.29, 0.717) is 25.4 Å². The number of piperidine rings is 1. The van der Waals surface area contributed by atoms with Gasteiger partial charge in [0.05, 0.1) is 0 Å². The van der Waals surface area contributed by atoms with Crippen LogP contribution in [0.1, 0.15) is 40.5 Å². The number of amides is 2. The standard InChI is InChI=1S/C13H24N2O3/c1-5-14(9(2)3)13(18)15-7-6-10(4)8-11(15)12(16)17/h9-11H,5-8H2,1-4H3,(H,16,17). The van der Waals surface area contributed by atoms with Gasteiger partial charge < -0.3 is 14.9 Å². The Hall–Kier alpha value is -1.26. The summed E-state index contributed by atoms with van der Waals surface area (Å²) < 4.78 is 0. The van der Waals surface area contributed by atoms with Crippen LogP contribution >= 0.6 is 0 Å². The Morgan fingerprint density at radius 3 is 2.50 bits per heavy atom. The number of nitrogens with zero attached hydrogens (tertiary/aromatic N) is 2. The minimum atomic E-state index is -0.894. The van der Waals surface area contributed by atoms with Crippen LogP contribution in [0.2, 0.25) is 0 Å². The molecular weight excluding hydrogens is 232 g/mol. The molecule has 2 amide bonds. The van der Waals surface area contributed by atoms with Crippen LogP contribution in [-0.4, -0.2) is 52.1 Å². The van der Waals surface area contributed by atoms with Gasteiger partial charge in [-0.1, -0.05) is 6.92 Å². The van der Waals surface area contributed by atoms with Crippen LogP contribution in [-0.2, 0) is 4.79 Å². The minimum Gasteiger partial charge on any atom is -0.480 e.